The smallest absolute Gasteiger partial charge is 0.145 e. The number of nitrogen functional groups attached to an aromatic ring is 1. The van der Waals surface area contributed by atoms with Gasteiger partial charge in [0.1, 0.15) is 11.6 Å². The summed E-state index contributed by atoms with van der Waals surface area (Å²) in [6, 6.07) is 7.23. The molecule has 0 unspecified atom stereocenters. The first-order valence-corrected chi connectivity index (χ1v) is 5.25. The maximum atomic E-state index is 9.85. The zero-order valence-electron chi connectivity index (χ0n) is 9.31. The summed E-state index contributed by atoms with van der Waals surface area (Å²) >= 11 is 0. The number of hydrogen-bond acceptors (Lipinski definition) is 3. The number of anilines is 1. The molecular formula is C12H12N4O. The molecule has 0 spiro atoms. The van der Waals surface area contributed by atoms with Crippen LogP contribution in [0.5, 0.6) is 5.75 Å². The number of nitrogens with two attached hydrogens (primary N) is 1. The summed E-state index contributed by atoms with van der Waals surface area (Å²) < 4.78 is 1.89. The highest BCUT2D eigenvalue weighted by Gasteiger charge is 2.12. The Morgan fingerprint density at radius 3 is 2.94 bits per heavy atom. The van der Waals surface area contributed by atoms with Gasteiger partial charge in [-0.2, -0.15) is 5.10 Å². The molecular weight excluding hydrogens is 216 g/mol. The molecule has 0 saturated heterocycles. The molecule has 4 N–H and O–H groups in total. The van der Waals surface area contributed by atoms with Crippen molar-refractivity contribution in [1.82, 2.24) is 14.8 Å². The van der Waals surface area contributed by atoms with Crippen LogP contribution in [0.15, 0.2) is 30.5 Å². The Balaban J connectivity index is 2.35. The molecule has 0 fully saturated rings. The summed E-state index contributed by atoms with van der Waals surface area (Å²) in [7, 11) is 1.89. The first-order valence-electron chi connectivity index (χ1n) is 5.25. The van der Waals surface area contributed by atoms with E-state index in [4.69, 9.17) is 5.73 Å². The van der Waals surface area contributed by atoms with Crippen molar-refractivity contribution < 1.29 is 5.11 Å². The fourth-order valence-electron chi connectivity index (χ4n) is 2.14. The van der Waals surface area contributed by atoms with Crippen molar-refractivity contribution in [2.45, 2.75) is 0 Å². The molecule has 2 aromatic heterocycles. The van der Waals surface area contributed by atoms with Gasteiger partial charge in [0, 0.05) is 30.3 Å². The van der Waals surface area contributed by atoms with Gasteiger partial charge < -0.3 is 15.4 Å². The van der Waals surface area contributed by atoms with Gasteiger partial charge in [-0.1, -0.05) is 12.1 Å². The topological polar surface area (TPSA) is 79.9 Å². The minimum Gasteiger partial charge on any atom is -0.506 e. The number of benzene rings is 1. The maximum absolute atomic E-state index is 9.85. The van der Waals surface area contributed by atoms with E-state index in [2.05, 4.69) is 10.2 Å². The third-order valence-corrected chi connectivity index (χ3v) is 2.87. The van der Waals surface area contributed by atoms with Crippen LogP contribution < -0.4 is 5.73 Å². The molecule has 0 aliphatic rings. The van der Waals surface area contributed by atoms with Crippen molar-refractivity contribution in [1.29, 1.82) is 0 Å². The number of nitrogens with zero attached hydrogens (tertiary/aromatic N) is 2. The Morgan fingerprint density at radius 2 is 2.24 bits per heavy atom. The predicted molar refractivity (Wildman–Crippen MR) is 66.6 cm³/mol. The van der Waals surface area contributed by atoms with E-state index in [1.165, 1.54) is 0 Å². The SMILES string of the molecule is Cn1cc(-c2cc(N)n[nH]2)c2cccc(O)c21. The van der Waals surface area contributed by atoms with Crippen LogP contribution in [0.4, 0.5) is 5.82 Å². The van der Waals surface area contributed by atoms with Gasteiger partial charge in [-0.15, -0.1) is 0 Å². The van der Waals surface area contributed by atoms with Crippen LogP contribution >= 0.6 is 0 Å². The zero-order chi connectivity index (χ0) is 12.0. The highest BCUT2D eigenvalue weighted by molar-refractivity contribution is 5.98. The number of H-pyrrole nitrogens is 1. The highest BCUT2D eigenvalue weighted by atomic mass is 16.3. The number of fused-ring (bicyclic) bond motifs is 1. The third-order valence-electron chi connectivity index (χ3n) is 2.87. The Morgan fingerprint density at radius 1 is 1.41 bits per heavy atom. The third kappa shape index (κ3) is 1.36. The van der Waals surface area contributed by atoms with Gasteiger partial charge in [-0.25, -0.2) is 0 Å². The Labute approximate surface area is 97.5 Å². The molecule has 3 rings (SSSR count). The fourth-order valence-corrected chi connectivity index (χ4v) is 2.14. The molecule has 0 radical (unpaired) electrons. The van der Waals surface area contributed by atoms with E-state index in [1.807, 2.05) is 29.9 Å². The largest absolute Gasteiger partial charge is 0.506 e. The van der Waals surface area contributed by atoms with Crippen LogP contribution in [0.25, 0.3) is 22.2 Å². The predicted octanol–water partition coefficient (Wildman–Crippen LogP) is 1.86. The normalized spacial score (nSPS) is 11.1. The number of aromatic hydroxyl groups is 1. The number of aromatic nitrogens is 3. The van der Waals surface area contributed by atoms with Crippen molar-refractivity contribution >= 4 is 16.7 Å². The maximum Gasteiger partial charge on any atom is 0.145 e. The summed E-state index contributed by atoms with van der Waals surface area (Å²) in [5.74, 6) is 0.723. The van der Waals surface area contributed by atoms with Crippen LogP contribution in [0.1, 0.15) is 0 Å². The van der Waals surface area contributed by atoms with Gasteiger partial charge in [0.05, 0.1) is 11.2 Å². The van der Waals surface area contributed by atoms with Gasteiger partial charge in [0.2, 0.25) is 0 Å². The zero-order valence-corrected chi connectivity index (χ0v) is 9.31. The lowest BCUT2D eigenvalue weighted by Crippen LogP contribution is -1.83. The van der Waals surface area contributed by atoms with E-state index in [0.717, 1.165) is 22.2 Å². The first kappa shape index (κ1) is 9.77. The second-order valence-corrected chi connectivity index (χ2v) is 4.03. The average Bonchev–Trinajstić information content (AvgIpc) is 2.84. The standard InChI is InChI=1S/C12H12N4O/c1-16-6-8(9-5-11(13)15-14-9)7-3-2-4-10(17)12(7)16/h2-6,17H,1H3,(H3,13,14,15). The van der Waals surface area contributed by atoms with Crippen LogP contribution in [0.2, 0.25) is 0 Å². The summed E-state index contributed by atoms with van der Waals surface area (Å²) in [5, 5.41) is 17.6. The lowest BCUT2D eigenvalue weighted by Gasteiger charge is -1.98. The Hall–Kier alpha value is -2.43. The number of nitrogens with one attached hydrogen (secondary N) is 1. The number of rotatable bonds is 1. The van der Waals surface area contributed by atoms with Gasteiger partial charge in [0.15, 0.2) is 0 Å². The number of aromatic amines is 1. The monoisotopic (exact) mass is 228 g/mol. The number of phenols is 1. The summed E-state index contributed by atoms with van der Waals surface area (Å²) in [6.45, 7) is 0. The van der Waals surface area contributed by atoms with Gasteiger partial charge in [-0.05, 0) is 6.07 Å². The van der Waals surface area contributed by atoms with Crippen LogP contribution in [0.3, 0.4) is 0 Å². The Kier molecular flexibility index (Phi) is 1.89. The molecule has 5 nitrogen and oxygen atoms in total. The molecule has 0 bridgehead atoms. The molecule has 86 valence electrons. The number of hydrogen-bond donors (Lipinski definition) is 3. The van der Waals surface area contributed by atoms with Gasteiger partial charge >= 0.3 is 0 Å². The second-order valence-electron chi connectivity index (χ2n) is 4.03. The lowest BCUT2D eigenvalue weighted by molar-refractivity contribution is 0.479. The van der Waals surface area contributed by atoms with E-state index >= 15 is 0 Å². The van der Waals surface area contributed by atoms with Crippen molar-refractivity contribution in [3.63, 3.8) is 0 Å². The summed E-state index contributed by atoms with van der Waals surface area (Å²) in [5.41, 5.74) is 8.22. The van der Waals surface area contributed by atoms with Crippen molar-refractivity contribution in [3.8, 4) is 17.0 Å². The van der Waals surface area contributed by atoms with E-state index < -0.39 is 0 Å². The van der Waals surface area contributed by atoms with Crippen LogP contribution in [-0.2, 0) is 7.05 Å². The molecule has 2 heterocycles. The summed E-state index contributed by atoms with van der Waals surface area (Å²) in [6.07, 6.45) is 1.94. The molecule has 0 saturated carbocycles. The molecule has 0 amide bonds. The van der Waals surface area contributed by atoms with E-state index in [0.29, 0.717) is 5.82 Å². The second kappa shape index (κ2) is 3.28. The van der Waals surface area contributed by atoms with Gasteiger partial charge in [-0.3, -0.25) is 5.10 Å². The molecule has 3 aromatic rings. The highest BCUT2D eigenvalue weighted by Crippen LogP contribution is 2.33. The van der Waals surface area contributed by atoms with Crippen molar-refractivity contribution in [2.24, 2.45) is 7.05 Å². The summed E-state index contributed by atoms with van der Waals surface area (Å²) in [4.78, 5) is 0. The van der Waals surface area contributed by atoms with Gasteiger partial charge in [0.25, 0.3) is 0 Å². The minimum atomic E-state index is 0.267. The molecule has 0 aliphatic heterocycles. The molecule has 5 heteroatoms. The molecule has 1 aromatic carbocycles. The van der Waals surface area contributed by atoms with E-state index in [1.54, 1.807) is 12.1 Å². The van der Waals surface area contributed by atoms with Crippen molar-refractivity contribution in [2.75, 3.05) is 5.73 Å². The quantitative estimate of drug-likeness (QED) is 0.594. The van der Waals surface area contributed by atoms with E-state index in [9.17, 15) is 5.11 Å². The van der Waals surface area contributed by atoms with Crippen molar-refractivity contribution in [3.05, 3.63) is 30.5 Å². The number of para-hydroxylation sites is 1. The lowest BCUT2D eigenvalue weighted by atomic mass is 10.1. The van der Waals surface area contributed by atoms with Crippen LogP contribution in [0, 0.1) is 0 Å². The first-order chi connectivity index (χ1) is 8.16. The fraction of sp³-hybridized carbons (Fsp3) is 0.0833. The van der Waals surface area contributed by atoms with E-state index in [-0.39, 0.29) is 5.75 Å². The average molecular weight is 228 g/mol. The van der Waals surface area contributed by atoms with Crippen LogP contribution in [-0.4, -0.2) is 19.9 Å². The molecule has 17 heavy (non-hydrogen) atoms. The number of phenolic OH excluding ortho intramolecular Hbond substituents is 1. The Bertz CT molecular complexity index is 696. The molecule has 0 aliphatic carbocycles. The molecule has 0 atom stereocenters. The number of aryl methyl sites for hydroxylation is 1. The minimum absolute atomic E-state index is 0.267.